The molecule has 0 heterocycles. The smallest absolute Gasteiger partial charge is 0.234 e. The van der Waals surface area contributed by atoms with E-state index in [4.69, 9.17) is 5.73 Å². The van der Waals surface area contributed by atoms with Crippen LogP contribution in [0.5, 0.6) is 0 Å². The molecule has 4 heteroatoms. The van der Waals surface area contributed by atoms with Gasteiger partial charge in [0, 0.05) is 13.1 Å². The molecule has 0 aliphatic heterocycles. The van der Waals surface area contributed by atoms with Crippen LogP contribution in [0.4, 0.5) is 0 Å². The number of nitrogens with zero attached hydrogens (tertiary/aromatic N) is 1. The van der Waals surface area contributed by atoms with Crippen molar-refractivity contribution >= 4 is 5.91 Å². The summed E-state index contributed by atoms with van der Waals surface area (Å²) >= 11 is 0. The van der Waals surface area contributed by atoms with Gasteiger partial charge in [-0.05, 0) is 44.2 Å². The molecular weight excluding hydrogens is 214 g/mol. The summed E-state index contributed by atoms with van der Waals surface area (Å²) in [6.07, 6.45) is 3.62. The molecule has 1 saturated carbocycles. The number of likely N-dealkylation sites (N-methyl/N-ethyl adjacent to an activating group) is 1. The second-order valence-electron chi connectivity index (χ2n) is 5.91. The minimum Gasteiger partial charge on any atom is -0.355 e. The Morgan fingerprint density at radius 1 is 1.47 bits per heavy atom. The molecule has 0 unspecified atom stereocenters. The SMILES string of the molecule is CC(C)CNC(=O)CN(C)CC1(CCN)CC1. The van der Waals surface area contributed by atoms with Crippen molar-refractivity contribution in [2.24, 2.45) is 17.1 Å². The third-order valence-corrected chi connectivity index (χ3v) is 3.36. The first-order chi connectivity index (χ1) is 7.97. The molecule has 17 heavy (non-hydrogen) atoms. The van der Waals surface area contributed by atoms with Crippen molar-refractivity contribution in [1.82, 2.24) is 10.2 Å². The van der Waals surface area contributed by atoms with Crippen molar-refractivity contribution in [3.63, 3.8) is 0 Å². The lowest BCUT2D eigenvalue weighted by molar-refractivity contribution is -0.122. The van der Waals surface area contributed by atoms with E-state index in [9.17, 15) is 4.79 Å². The second-order valence-corrected chi connectivity index (χ2v) is 5.91. The van der Waals surface area contributed by atoms with Gasteiger partial charge in [0.05, 0.1) is 6.54 Å². The Bertz CT molecular complexity index is 249. The van der Waals surface area contributed by atoms with E-state index in [1.165, 1.54) is 12.8 Å². The van der Waals surface area contributed by atoms with Crippen LogP contribution in [0.25, 0.3) is 0 Å². The van der Waals surface area contributed by atoms with Crippen molar-refractivity contribution in [1.29, 1.82) is 0 Å². The van der Waals surface area contributed by atoms with Crippen LogP contribution >= 0.6 is 0 Å². The number of carbonyl (C=O) groups is 1. The van der Waals surface area contributed by atoms with E-state index < -0.39 is 0 Å². The van der Waals surface area contributed by atoms with Crippen LogP contribution in [0.1, 0.15) is 33.1 Å². The fourth-order valence-electron chi connectivity index (χ4n) is 2.22. The first-order valence-electron chi connectivity index (χ1n) is 6.63. The number of nitrogens with two attached hydrogens (primary N) is 1. The molecule has 1 rings (SSSR count). The summed E-state index contributed by atoms with van der Waals surface area (Å²) in [6, 6.07) is 0. The highest BCUT2D eigenvalue weighted by Gasteiger charge is 2.42. The average molecular weight is 241 g/mol. The van der Waals surface area contributed by atoms with Gasteiger partial charge in [-0.1, -0.05) is 13.8 Å². The summed E-state index contributed by atoms with van der Waals surface area (Å²) in [7, 11) is 2.02. The molecular formula is C13H27N3O. The number of hydrogen-bond acceptors (Lipinski definition) is 3. The molecule has 1 aliphatic carbocycles. The molecule has 0 aromatic carbocycles. The summed E-state index contributed by atoms with van der Waals surface area (Å²) in [4.78, 5) is 13.8. The van der Waals surface area contributed by atoms with Crippen LogP contribution in [0.3, 0.4) is 0 Å². The Balaban J connectivity index is 2.20. The van der Waals surface area contributed by atoms with E-state index in [-0.39, 0.29) is 5.91 Å². The maximum Gasteiger partial charge on any atom is 0.234 e. The summed E-state index contributed by atoms with van der Waals surface area (Å²) in [5.41, 5.74) is 6.03. The minimum atomic E-state index is 0.129. The highest BCUT2D eigenvalue weighted by Crippen LogP contribution is 2.48. The Morgan fingerprint density at radius 3 is 2.59 bits per heavy atom. The third-order valence-electron chi connectivity index (χ3n) is 3.36. The van der Waals surface area contributed by atoms with E-state index in [0.717, 1.165) is 26.1 Å². The van der Waals surface area contributed by atoms with Gasteiger partial charge in [-0.3, -0.25) is 9.69 Å². The van der Waals surface area contributed by atoms with Crippen molar-refractivity contribution < 1.29 is 4.79 Å². The van der Waals surface area contributed by atoms with Crippen LogP contribution < -0.4 is 11.1 Å². The van der Waals surface area contributed by atoms with Gasteiger partial charge < -0.3 is 11.1 Å². The minimum absolute atomic E-state index is 0.129. The maximum atomic E-state index is 11.6. The van der Waals surface area contributed by atoms with Crippen molar-refractivity contribution in [2.45, 2.75) is 33.1 Å². The summed E-state index contributed by atoms with van der Waals surface area (Å²) in [5.74, 6) is 0.640. The molecule has 4 nitrogen and oxygen atoms in total. The summed E-state index contributed by atoms with van der Waals surface area (Å²) in [6.45, 7) is 7.22. The van der Waals surface area contributed by atoms with Crippen molar-refractivity contribution in [3.8, 4) is 0 Å². The monoisotopic (exact) mass is 241 g/mol. The predicted molar refractivity (Wildman–Crippen MR) is 70.7 cm³/mol. The molecule has 0 atom stereocenters. The highest BCUT2D eigenvalue weighted by molar-refractivity contribution is 5.77. The molecule has 3 N–H and O–H groups in total. The highest BCUT2D eigenvalue weighted by atomic mass is 16.2. The Hall–Kier alpha value is -0.610. The standard InChI is InChI=1S/C13H27N3O/c1-11(2)8-15-12(17)9-16(3)10-13(4-5-13)6-7-14/h11H,4-10,14H2,1-3H3,(H,15,17). The van der Waals surface area contributed by atoms with E-state index in [0.29, 0.717) is 17.9 Å². The topological polar surface area (TPSA) is 58.4 Å². The third kappa shape index (κ3) is 5.50. The lowest BCUT2D eigenvalue weighted by Gasteiger charge is -2.23. The summed E-state index contributed by atoms with van der Waals surface area (Å²) < 4.78 is 0. The number of carbonyl (C=O) groups excluding carboxylic acids is 1. The van der Waals surface area contributed by atoms with E-state index in [1.807, 2.05) is 7.05 Å². The fraction of sp³-hybridized carbons (Fsp3) is 0.923. The molecule has 0 saturated heterocycles. The van der Waals surface area contributed by atoms with Crippen LogP contribution in [0.2, 0.25) is 0 Å². The fourth-order valence-corrected chi connectivity index (χ4v) is 2.22. The molecule has 0 radical (unpaired) electrons. The largest absolute Gasteiger partial charge is 0.355 e. The molecule has 100 valence electrons. The maximum absolute atomic E-state index is 11.6. The van der Waals surface area contributed by atoms with E-state index >= 15 is 0 Å². The van der Waals surface area contributed by atoms with E-state index in [1.54, 1.807) is 0 Å². The van der Waals surface area contributed by atoms with Gasteiger partial charge in [-0.15, -0.1) is 0 Å². The Kier molecular flexibility index (Phi) is 5.40. The molecule has 1 fully saturated rings. The normalized spacial score (nSPS) is 17.5. The average Bonchev–Trinajstić information content (AvgIpc) is 2.95. The van der Waals surface area contributed by atoms with Crippen LogP contribution in [0, 0.1) is 11.3 Å². The number of nitrogens with one attached hydrogen (secondary N) is 1. The number of hydrogen-bond donors (Lipinski definition) is 2. The predicted octanol–water partition coefficient (Wildman–Crippen LogP) is 0.819. The van der Waals surface area contributed by atoms with Crippen molar-refractivity contribution in [3.05, 3.63) is 0 Å². The zero-order valence-electron chi connectivity index (χ0n) is 11.5. The molecule has 0 bridgehead atoms. The number of rotatable bonds is 8. The van der Waals surface area contributed by atoms with Gasteiger partial charge in [0.2, 0.25) is 5.91 Å². The lowest BCUT2D eigenvalue weighted by atomic mass is 10.0. The quantitative estimate of drug-likeness (QED) is 0.661. The van der Waals surface area contributed by atoms with Gasteiger partial charge in [0.1, 0.15) is 0 Å². The van der Waals surface area contributed by atoms with Gasteiger partial charge in [0.15, 0.2) is 0 Å². The van der Waals surface area contributed by atoms with Gasteiger partial charge in [-0.25, -0.2) is 0 Å². The molecule has 1 amide bonds. The van der Waals surface area contributed by atoms with Gasteiger partial charge in [-0.2, -0.15) is 0 Å². The second kappa shape index (κ2) is 6.36. The zero-order valence-corrected chi connectivity index (χ0v) is 11.5. The van der Waals surface area contributed by atoms with Crippen LogP contribution in [-0.4, -0.2) is 44.0 Å². The van der Waals surface area contributed by atoms with Gasteiger partial charge in [0.25, 0.3) is 0 Å². The lowest BCUT2D eigenvalue weighted by Crippen LogP contribution is -2.39. The summed E-state index contributed by atoms with van der Waals surface area (Å²) in [5, 5.41) is 2.95. The molecule has 0 aromatic heterocycles. The van der Waals surface area contributed by atoms with Crippen LogP contribution in [-0.2, 0) is 4.79 Å². The zero-order chi connectivity index (χ0) is 12.9. The van der Waals surface area contributed by atoms with Crippen LogP contribution in [0.15, 0.2) is 0 Å². The Morgan fingerprint density at radius 2 is 2.12 bits per heavy atom. The van der Waals surface area contributed by atoms with E-state index in [2.05, 4.69) is 24.1 Å². The number of amides is 1. The van der Waals surface area contributed by atoms with Crippen molar-refractivity contribution in [2.75, 3.05) is 33.2 Å². The molecule has 0 spiro atoms. The molecule has 0 aromatic rings. The first-order valence-corrected chi connectivity index (χ1v) is 6.63. The molecule has 1 aliphatic rings. The van der Waals surface area contributed by atoms with Gasteiger partial charge >= 0.3 is 0 Å². The first kappa shape index (κ1) is 14.5. The Labute approximate surface area is 105 Å².